The number of likely N-dealkylation sites (N-methyl/N-ethyl adjacent to an activating group) is 1. The molecule has 8 heteroatoms. The fourth-order valence-corrected chi connectivity index (χ4v) is 5.61. The maximum Gasteiger partial charge on any atom is 0.268 e. The van der Waals surface area contributed by atoms with Crippen molar-refractivity contribution in [2.24, 2.45) is 0 Å². The average Bonchev–Trinajstić information content (AvgIpc) is 2.85. The van der Waals surface area contributed by atoms with Crippen LogP contribution in [-0.2, 0) is 23.1 Å². The number of unbranched alkanes of at least 4 members (excludes halogenated alkanes) is 13. The van der Waals surface area contributed by atoms with Crippen LogP contribution in [-0.4, -0.2) is 70.8 Å². The van der Waals surface area contributed by atoms with Gasteiger partial charge in [0.05, 0.1) is 33.4 Å². The molecule has 1 aliphatic rings. The molecular formula is C28H58NO6P. The van der Waals surface area contributed by atoms with E-state index in [2.05, 4.69) is 14.0 Å². The minimum atomic E-state index is -4.33. The molecule has 1 heterocycles. The van der Waals surface area contributed by atoms with Crippen molar-refractivity contribution in [1.29, 1.82) is 0 Å². The van der Waals surface area contributed by atoms with Crippen LogP contribution in [0, 0.1) is 0 Å². The van der Waals surface area contributed by atoms with Gasteiger partial charge in [-0.25, -0.2) is 0 Å². The van der Waals surface area contributed by atoms with Gasteiger partial charge in [-0.1, -0.05) is 90.4 Å². The SMILES string of the molecule is CCCCCCCCCCCCCCCCOC[C@H](COP(=O)([O-])OCC[N+]1(C)CCCCC1)OC. The summed E-state index contributed by atoms with van der Waals surface area (Å²) in [5.74, 6) is 0. The van der Waals surface area contributed by atoms with Crippen molar-refractivity contribution in [3.8, 4) is 0 Å². The lowest BCUT2D eigenvalue weighted by molar-refractivity contribution is -0.914. The van der Waals surface area contributed by atoms with Gasteiger partial charge in [-0.15, -0.1) is 0 Å². The Balaban J connectivity index is 1.94. The van der Waals surface area contributed by atoms with Gasteiger partial charge in [-0.05, 0) is 25.7 Å². The van der Waals surface area contributed by atoms with E-state index in [0.717, 1.165) is 24.0 Å². The molecule has 1 aliphatic heterocycles. The van der Waals surface area contributed by atoms with E-state index in [0.29, 0.717) is 19.8 Å². The highest BCUT2D eigenvalue weighted by atomic mass is 31.2. The van der Waals surface area contributed by atoms with E-state index in [9.17, 15) is 9.46 Å². The van der Waals surface area contributed by atoms with Crippen molar-refractivity contribution in [1.82, 2.24) is 0 Å². The van der Waals surface area contributed by atoms with E-state index in [1.165, 1.54) is 103 Å². The number of likely N-dealkylation sites (tertiary alicyclic amines) is 1. The first-order valence-corrected chi connectivity index (χ1v) is 16.4. The van der Waals surface area contributed by atoms with Gasteiger partial charge in [0.15, 0.2) is 0 Å². The molecule has 0 N–H and O–H groups in total. The molecule has 7 nitrogen and oxygen atoms in total. The number of nitrogens with zero attached hydrogens (tertiary/aromatic N) is 1. The highest BCUT2D eigenvalue weighted by molar-refractivity contribution is 7.45. The summed E-state index contributed by atoms with van der Waals surface area (Å²) >= 11 is 0. The molecule has 0 amide bonds. The third kappa shape index (κ3) is 19.1. The minimum Gasteiger partial charge on any atom is -0.756 e. The van der Waals surface area contributed by atoms with Crippen molar-refractivity contribution in [2.45, 2.75) is 122 Å². The van der Waals surface area contributed by atoms with Gasteiger partial charge in [0.25, 0.3) is 7.82 Å². The Morgan fingerprint density at radius 2 is 1.28 bits per heavy atom. The van der Waals surface area contributed by atoms with Crippen molar-refractivity contribution >= 4 is 7.82 Å². The van der Waals surface area contributed by atoms with Gasteiger partial charge in [-0.2, -0.15) is 0 Å². The fourth-order valence-electron chi connectivity index (χ4n) is 4.88. The first-order valence-electron chi connectivity index (χ1n) is 14.9. The third-order valence-electron chi connectivity index (χ3n) is 7.47. The first-order chi connectivity index (χ1) is 17.4. The third-order valence-corrected chi connectivity index (χ3v) is 8.44. The van der Waals surface area contributed by atoms with Crippen LogP contribution in [0.2, 0.25) is 0 Å². The molecule has 0 radical (unpaired) electrons. The molecule has 0 aliphatic carbocycles. The standard InChI is InChI=1S/C28H58NO6P/c1-4-5-6-7-8-9-10-11-12-13-14-15-16-20-24-33-26-28(32-3)27-35-36(30,31)34-25-23-29(2)21-18-17-19-22-29/h28H,4-27H2,1-3H3/t28-/m1/s1. The zero-order valence-electron chi connectivity index (χ0n) is 23.9. The number of methoxy groups -OCH3 is 1. The van der Waals surface area contributed by atoms with Gasteiger partial charge >= 0.3 is 0 Å². The molecule has 0 aromatic rings. The van der Waals surface area contributed by atoms with E-state index >= 15 is 0 Å². The number of phosphoric ester groups is 1. The molecule has 0 spiro atoms. The summed E-state index contributed by atoms with van der Waals surface area (Å²) in [6.07, 6.45) is 21.9. The van der Waals surface area contributed by atoms with Crippen molar-refractivity contribution in [3.05, 3.63) is 0 Å². The molecular weight excluding hydrogens is 477 g/mol. The van der Waals surface area contributed by atoms with Crippen LogP contribution < -0.4 is 4.89 Å². The number of quaternary nitrogens is 1. The Bertz CT molecular complexity index is 544. The zero-order valence-corrected chi connectivity index (χ0v) is 24.8. The second-order valence-electron chi connectivity index (χ2n) is 11.0. The molecule has 1 saturated heterocycles. The molecule has 36 heavy (non-hydrogen) atoms. The van der Waals surface area contributed by atoms with Crippen LogP contribution in [0.4, 0.5) is 0 Å². The molecule has 1 rings (SSSR count). The van der Waals surface area contributed by atoms with Crippen molar-refractivity contribution in [3.63, 3.8) is 0 Å². The topological polar surface area (TPSA) is 77.1 Å². The van der Waals surface area contributed by atoms with Crippen LogP contribution in [0.5, 0.6) is 0 Å². The summed E-state index contributed by atoms with van der Waals surface area (Å²) in [6, 6.07) is 0. The number of hydrogen-bond acceptors (Lipinski definition) is 6. The second kappa shape index (κ2) is 21.9. The predicted molar refractivity (Wildman–Crippen MR) is 146 cm³/mol. The summed E-state index contributed by atoms with van der Waals surface area (Å²) in [5, 5.41) is 0. The van der Waals surface area contributed by atoms with Crippen LogP contribution in [0.3, 0.4) is 0 Å². The Labute approximate surface area is 222 Å². The number of hydrogen-bond donors (Lipinski definition) is 0. The molecule has 0 bridgehead atoms. The highest BCUT2D eigenvalue weighted by Crippen LogP contribution is 2.38. The number of piperidine rings is 1. The Morgan fingerprint density at radius 1 is 0.750 bits per heavy atom. The number of rotatable bonds is 25. The minimum absolute atomic E-state index is 0.0812. The van der Waals surface area contributed by atoms with Gasteiger partial charge in [0.2, 0.25) is 0 Å². The molecule has 0 aromatic heterocycles. The van der Waals surface area contributed by atoms with Crippen LogP contribution in [0.15, 0.2) is 0 Å². The Morgan fingerprint density at radius 3 is 1.81 bits per heavy atom. The summed E-state index contributed by atoms with van der Waals surface area (Å²) in [4.78, 5) is 12.1. The van der Waals surface area contributed by atoms with E-state index in [1.807, 2.05) is 0 Å². The van der Waals surface area contributed by atoms with E-state index in [1.54, 1.807) is 7.11 Å². The maximum atomic E-state index is 12.1. The lowest BCUT2D eigenvalue weighted by Crippen LogP contribution is -2.49. The van der Waals surface area contributed by atoms with Gasteiger partial charge in [-0.3, -0.25) is 4.57 Å². The molecule has 1 fully saturated rings. The summed E-state index contributed by atoms with van der Waals surface area (Å²) < 4.78 is 34.1. The van der Waals surface area contributed by atoms with Crippen LogP contribution >= 0.6 is 7.82 Å². The average molecular weight is 536 g/mol. The smallest absolute Gasteiger partial charge is 0.268 e. The lowest BCUT2D eigenvalue weighted by atomic mass is 10.0. The Hall–Kier alpha value is -0.0100. The van der Waals surface area contributed by atoms with E-state index in [4.69, 9.17) is 18.5 Å². The molecule has 2 atom stereocenters. The molecule has 0 aromatic carbocycles. The maximum absolute atomic E-state index is 12.1. The molecule has 0 saturated carbocycles. The largest absolute Gasteiger partial charge is 0.756 e. The summed E-state index contributed by atoms with van der Waals surface area (Å²) in [5.41, 5.74) is 0. The lowest BCUT2D eigenvalue weighted by Gasteiger charge is -2.38. The normalized spacial score (nSPS) is 18.2. The summed E-state index contributed by atoms with van der Waals surface area (Å²) in [7, 11) is -0.623. The van der Waals surface area contributed by atoms with E-state index in [-0.39, 0.29) is 13.2 Å². The molecule has 216 valence electrons. The summed E-state index contributed by atoms with van der Waals surface area (Å²) in [6.45, 7) is 6.18. The van der Waals surface area contributed by atoms with Gasteiger partial charge in [0, 0.05) is 13.7 Å². The zero-order chi connectivity index (χ0) is 26.4. The molecule has 1 unspecified atom stereocenters. The van der Waals surface area contributed by atoms with Gasteiger partial charge < -0.3 is 27.9 Å². The van der Waals surface area contributed by atoms with Gasteiger partial charge in [0.1, 0.15) is 19.3 Å². The quantitative estimate of drug-likeness (QED) is 0.0742. The van der Waals surface area contributed by atoms with Crippen LogP contribution in [0.1, 0.15) is 116 Å². The second-order valence-corrected chi connectivity index (χ2v) is 12.4. The monoisotopic (exact) mass is 535 g/mol. The predicted octanol–water partition coefficient (Wildman–Crippen LogP) is 6.63. The Kier molecular flexibility index (Phi) is 20.7. The number of phosphoric acid groups is 1. The van der Waals surface area contributed by atoms with Crippen molar-refractivity contribution in [2.75, 3.05) is 60.2 Å². The van der Waals surface area contributed by atoms with Crippen molar-refractivity contribution < 1.29 is 32.5 Å². The highest BCUT2D eigenvalue weighted by Gasteiger charge is 2.25. The first kappa shape index (κ1) is 34.0. The number of ether oxygens (including phenoxy) is 2. The van der Waals surface area contributed by atoms with Crippen LogP contribution in [0.25, 0.3) is 0 Å². The van der Waals surface area contributed by atoms with E-state index < -0.39 is 13.9 Å². The fraction of sp³-hybridized carbons (Fsp3) is 1.00.